The van der Waals surface area contributed by atoms with Crippen molar-refractivity contribution in [1.29, 1.82) is 0 Å². The fraction of sp³-hybridized carbons (Fsp3) is 0.368. The second-order valence-corrected chi connectivity index (χ2v) is 7.43. The monoisotopic (exact) mass is 369 g/mol. The molecule has 2 fully saturated rings. The van der Waals surface area contributed by atoms with Gasteiger partial charge in [0.15, 0.2) is 0 Å². The van der Waals surface area contributed by atoms with Crippen molar-refractivity contribution in [3.8, 4) is 11.3 Å². The quantitative estimate of drug-likeness (QED) is 0.767. The van der Waals surface area contributed by atoms with Crippen LogP contribution in [-0.4, -0.2) is 57.7 Å². The Balaban J connectivity index is 1.53. The molecule has 0 amide bonds. The molecule has 1 aromatic carbocycles. The van der Waals surface area contributed by atoms with Crippen LogP contribution in [0.25, 0.3) is 17.0 Å². The molecule has 2 aromatic heterocycles. The van der Waals surface area contributed by atoms with Crippen LogP contribution >= 0.6 is 11.6 Å². The lowest BCUT2D eigenvalue weighted by Crippen LogP contribution is -2.62. The van der Waals surface area contributed by atoms with E-state index in [9.17, 15) is 0 Å². The van der Waals surface area contributed by atoms with E-state index < -0.39 is 0 Å². The van der Waals surface area contributed by atoms with E-state index >= 15 is 0 Å². The molecule has 2 aliphatic heterocycles. The zero-order valence-electron chi connectivity index (χ0n) is 14.3. The van der Waals surface area contributed by atoms with Crippen molar-refractivity contribution in [1.82, 2.24) is 24.6 Å². The Kier molecular flexibility index (Phi) is 4.13. The summed E-state index contributed by atoms with van der Waals surface area (Å²) >= 11 is 6.06. The van der Waals surface area contributed by atoms with Crippen LogP contribution in [0.2, 0.25) is 5.02 Å². The third kappa shape index (κ3) is 2.99. The largest absolute Gasteiger partial charge is 0.378 e. The number of nitrogens with one attached hydrogen (secondary N) is 1. The van der Waals surface area contributed by atoms with Gasteiger partial charge in [-0.1, -0.05) is 23.7 Å². The van der Waals surface area contributed by atoms with Gasteiger partial charge in [-0.2, -0.15) is 0 Å². The third-order valence-corrected chi connectivity index (χ3v) is 5.31. The summed E-state index contributed by atoms with van der Waals surface area (Å²) in [6, 6.07) is 10.6. The minimum absolute atomic E-state index is 0.402. The number of aromatic nitrogens is 3. The van der Waals surface area contributed by atoms with Crippen LogP contribution in [0.15, 0.2) is 42.7 Å². The van der Waals surface area contributed by atoms with Crippen LogP contribution in [0.3, 0.4) is 0 Å². The highest BCUT2D eigenvalue weighted by molar-refractivity contribution is 6.30. The first-order valence-electron chi connectivity index (χ1n) is 8.90. The lowest BCUT2D eigenvalue weighted by atomic mass is 10.1. The Morgan fingerprint density at radius 2 is 1.92 bits per heavy atom. The molecule has 6 nitrogen and oxygen atoms in total. The molecular formula is C19H20ClN5O. The standard InChI is InChI=1S/C19H20ClN5O/c20-14-4-2-13(3-5-14)18-17(25-7-1-6-21-19(25)23-18)10-24-8-15-11-26-12-16(9-24)22-15/h1-7,15-16,22H,8-12H2. The van der Waals surface area contributed by atoms with Gasteiger partial charge in [0.1, 0.15) is 0 Å². The van der Waals surface area contributed by atoms with Gasteiger partial charge in [-0.05, 0) is 18.2 Å². The van der Waals surface area contributed by atoms with E-state index in [0.29, 0.717) is 12.1 Å². The van der Waals surface area contributed by atoms with Crippen molar-refractivity contribution in [3.05, 3.63) is 53.4 Å². The Morgan fingerprint density at radius 1 is 1.15 bits per heavy atom. The molecule has 2 atom stereocenters. The summed E-state index contributed by atoms with van der Waals surface area (Å²) < 4.78 is 7.76. The Morgan fingerprint density at radius 3 is 2.69 bits per heavy atom. The summed E-state index contributed by atoms with van der Waals surface area (Å²) in [5.74, 6) is 0.728. The van der Waals surface area contributed by atoms with Crippen LogP contribution in [0, 0.1) is 0 Å². The molecule has 2 saturated heterocycles. The minimum atomic E-state index is 0.402. The lowest BCUT2D eigenvalue weighted by Gasteiger charge is -2.42. The van der Waals surface area contributed by atoms with Crippen LogP contribution in [0.4, 0.5) is 0 Å². The summed E-state index contributed by atoms with van der Waals surface area (Å²) in [6.45, 7) is 4.35. The number of ether oxygens (including phenoxy) is 1. The van der Waals surface area contributed by atoms with Crippen LogP contribution < -0.4 is 5.32 Å². The molecule has 0 saturated carbocycles. The second kappa shape index (κ2) is 6.63. The SMILES string of the molecule is Clc1ccc(-c2nc3ncccn3c2CN2CC3COCC(C2)N3)cc1. The predicted octanol–water partition coefficient (Wildman–Crippen LogP) is 2.22. The van der Waals surface area contributed by atoms with Crippen molar-refractivity contribution in [2.24, 2.45) is 0 Å². The molecule has 134 valence electrons. The topological polar surface area (TPSA) is 54.7 Å². The molecule has 2 aliphatic rings. The smallest absolute Gasteiger partial charge is 0.234 e. The van der Waals surface area contributed by atoms with Crippen molar-refractivity contribution in [3.63, 3.8) is 0 Å². The van der Waals surface area contributed by atoms with Crippen molar-refractivity contribution < 1.29 is 4.74 Å². The number of benzene rings is 1. The number of halogens is 1. The zero-order chi connectivity index (χ0) is 17.5. The third-order valence-electron chi connectivity index (χ3n) is 5.06. The van der Waals surface area contributed by atoms with E-state index in [0.717, 1.165) is 60.6 Å². The van der Waals surface area contributed by atoms with Gasteiger partial charge in [0.25, 0.3) is 0 Å². The summed E-state index contributed by atoms with van der Waals surface area (Å²) in [5, 5.41) is 4.36. The first-order valence-corrected chi connectivity index (χ1v) is 9.28. The average molecular weight is 370 g/mol. The maximum absolute atomic E-state index is 6.06. The van der Waals surface area contributed by atoms with Crippen molar-refractivity contribution >= 4 is 17.4 Å². The van der Waals surface area contributed by atoms with E-state index in [1.54, 1.807) is 6.20 Å². The van der Waals surface area contributed by atoms with Crippen LogP contribution in [0.1, 0.15) is 5.69 Å². The summed E-state index contributed by atoms with van der Waals surface area (Å²) in [6.07, 6.45) is 3.82. The van der Waals surface area contributed by atoms with E-state index in [-0.39, 0.29) is 0 Å². The molecule has 2 unspecified atom stereocenters. The number of piperazine rings is 1. The Labute approximate surface area is 156 Å². The summed E-state index contributed by atoms with van der Waals surface area (Å²) in [5.41, 5.74) is 3.20. The highest BCUT2D eigenvalue weighted by Gasteiger charge is 2.31. The molecule has 1 N–H and O–H groups in total. The highest BCUT2D eigenvalue weighted by Crippen LogP contribution is 2.27. The zero-order valence-corrected chi connectivity index (χ0v) is 15.1. The van der Waals surface area contributed by atoms with Gasteiger partial charge in [0.05, 0.1) is 24.6 Å². The number of hydrogen-bond donors (Lipinski definition) is 1. The van der Waals surface area contributed by atoms with Gasteiger partial charge >= 0.3 is 0 Å². The molecule has 5 rings (SSSR count). The molecular weight excluding hydrogens is 350 g/mol. The molecule has 0 spiro atoms. The Hall–Kier alpha value is -1.99. The fourth-order valence-corrected chi connectivity index (χ4v) is 4.08. The van der Waals surface area contributed by atoms with Gasteiger partial charge in [0, 0.05) is 54.7 Å². The van der Waals surface area contributed by atoms with Gasteiger partial charge < -0.3 is 10.1 Å². The number of imidazole rings is 1. The van der Waals surface area contributed by atoms with Crippen LogP contribution in [0.5, 0.6) is 0 Å². The number of rotatable bonds is 3. The average Bonchev–Trinajstić information content (AvgIpc) is 3.01. The molecule has 4 heterocycles. The highest BCUT2D eigenvalue weighted by atomic mass is 35.5. The predicted molar refractivity (Wildman–Crippen MR) is 100 cm³/mol. The first-order chi connectivity index (χ1) is 12.8. The van der Waals surface area contributed by atoms with E-state index in [1.165, 1.54) is 0 Å². The molecule has 0 radical (unpaired) electrons. The van der Waals surface area contributed by atoms with E-state index in [1.807, 2.05) is 36.5 Å². The van der Waals surface area contributed by atoms with Crippen LogP contribution in [-0.2, 0) is 11.3 Å². The molecule has 3 aromatic rings. The van der Waals surface area contributed by atoms with Gasteiger partial charge in [-0.25, -0.2) is 9.97 Å². The van der Waals surface area contributed by atoms with Crippen molar-refractivity contribution in [2.75, 3.05) is 26.3 Å². The number of hydrogen-bond acceptors (Lipinski definition) is 5. The lowest BCUT2D eigenvalue weighted by molar-refractivity contribution is -0.00900. The number of fused-ring (bicyclic) bond motifs is 3. The van der Waals surface area contributed by atoms with Gasteiger partial charge in [-0.15, -0.1) is 0 Å². The van der Waals surface area contributed by atoms with Gasteiger partial charge in [0.2, 0.25) is 5.78 Å². The summed E-state index contributed by atoms with van der Waals surface area (Å²) in [7, 11) is 0. The normalized spacial score (nSPS) is 23.4. The molecule has 2 bridgehead atoms. The maximum Gasteiger partial charge on any atom is 0.234 e. The second-order valence-electron chi connectivity index (χ2n) is 7.00. The number of morpholine rings is 1. The summed E-state index contributed by atoms with van der Waals surface area (Å²) in [4.78, 5) is 11.7. The molecule has 7 heteroatoms. The maximum atomic E-state index is 6.06. The number of nitrogens with zero attached hydrogens (tertiary/aromatic N) is 4. The first kappa shape index (κ1) is 16.2. The van der Waals surface area contributed by atoms with Gasteiger partial charge in [-0.3, -0.25) is 9.30 Å². The van der Waals surface area contributed by atoms with E-state index in [4.69, 9.17) is 21.3 Å². The molecule has 26 heavy (non-hydrogen) atoms. The minimum Gasteiger partial charge on any atom is -0.378 e. The molecule has 0 aliphatic carbocycles. The Bertz CT molecular complexity index is 913. The van der Waals surface area contributed by atoms with Crippen molar-refractivity contribution in [2.45, 2.75) is 18.6 Å². The fourth-order valence-electron chi connectivity index (χ4n) is 3.96. The van der Waals surface area contributed by atoms with E-state index in [2.05, 4.69) is 19.6 Å².